The van der Waals surface area contributed by atoms with Gasteiger partial charge in [0, 0.05) is 5.56 Å². The maximum atomic E-state index is 6.04. The van der Waals surface area contributed by atoms with Crippen LogP contribution in [0.5, 0.6) is 0 Å². The number of unbranched alkanes of at least 4 members (excludes halogenated alkanes) is 1. The number of nitrogens with zero attached hydrogens (tertiary/aromatic N) is 2. The summed E-state index contributed by atoms with van der Waals surface area (Å²) in [5.74, 6) is 1.49. The van der Waals surface area contributed by atoms with Gasteiger partial charge in [0.2, 0.25) is 0 Å². The summed E-state index contributed by atoms with van der Waals surface area (Å²) >= 11 is 0. The molecule has 4 heteroatoms. The number of hydrogen-bond acceptors (Lipinski definition) is 3. The van der Waals surface area contributed by atoms with Gasteiger partial charge in [0.15, 0.2) is 5.82 Å². The molecule has 0 saturated carbocycles. The van der Waals surface area contributed by atoms with E-state index in [0.717, 1.165) is 30.7 Å². The quantitative estimate of drug-likeness (QED) is 0.829. The van der Waals surface area contributed by atoms with E-state index < -0.39 is 0 Å². The molecule has 1 aromatic heterocycles. The largest absolute Gasteiger partial charge is 0.321 e. The molecule has 90 valence electrons. The molecule has 1 aromatic carbocycles. The van der Waals surface area contributed by atoms with Gasteiger partial charge in [0.05, 0.1) is 6.04 Å². The van der Waals surface area contributed by atoms with Crippen LogP contribution >= 0.6 is 0 Å². The first-order chi connectivity index (χ1) is 8.31. The van der Waals surface area contributed by atoms with E-state index >= 15 is 0 Å². The fraction of sp³-hybridized carbons (Fsp3) is 0.385. The summed E-state index contributed by atoms with van der Waals surface area (Å²) in [7, 11) is 0. The Kier molecular flexibility index (Phi) is 3.88. The third kappa shape index (κ3) is 2.91. The zero-order valence-electron chi connectivity index (χ0n) is 10.1. The monoisotopic (exact) mass is 230 g/mol. The topological polar surface area (TPSA) is 67.6 Å². The SMILES string of the molecule is CCCC[C@H](N)c1nc(-c2ccccc2)n[nH]1. The Morgan fingerprint density at radius 2 is 2.06 bits per heavy atom. The predicted molar refractivity (Wildman–Crippen MR) is 68.3 cm³/mol. The Labute approximate surface area is 101 Å². The van der Waals surface area contributed by atoms with Crippen molar-refractivity contribution >= 4 is 0 Å². The van der Waals surface area contributed by atoms with Crippen molar-refractivity contribution in [3.63, 3.8) is 0 Å². The van der Waals surface area contributed by atoms with Crippen molar-refractivity contribution in [3.05, 3.63) is 36.2 Å². The molecule has 0 bridgehead atoms. The van der Waals surface area contributed by atoms with Gasteiger partial charge in [-0.1, -0.05) is 50.1 Å². The molecule has 0 aliphatic rings. The van der Waals surface area contributed by atoms with Gasteiger partial charge in [-0.3, -0.25) is 5.10 Å². The number of nitrogens with two attached hydrogens (primary N) is 1. The van der Waals surface area contributed by atoms with Gasteiger partial charge >= 0.3 is 0 Å². The lowest BCUT2D eigenvalue weighted by atomic mass is 10.1. The van der Waals surface area contributed by atoms with Crippen LogP contribution in [0.2, 0.25) is 0 Å². The standard InChI is InChI=1S/C13H18N4/c1-2-3-9-11(14)13-15-12(16-17-13)10-7-5-4-6-8-10/h4-8,11H,2-3,9,14H2,1H3,(H,15,16,17)/t11-/m0/s1. The van der Waals surface area contributed by atoms with Crippen LogP contribution in [0.3, 0.4) is 0 Å². The van der Waals surface area contributed by atoms with Crippen LogP contribution in [0.4, 0.5) is 0 Å². The first kappa shape index (κ1) is 11.8. The number of aromatic nitrogens is 3. The molecule has 0 unspecified atom stereocenters. The van der Waals surface area contributed by atoms with Crippen LogP contribution in [0, 0.1) is 0 Å². The molecule has 1 atom stereocenters. The van der Waals surface area contributed by atoms with Crippen molar-refractivity contribution in [1.82, 2.24) is 15.2 Å². The maximum absolute atomic E-state index is 6.04. The Morgan fingerprint density at radius 3 is 2.76 bits per heavy atom. The number of benzene rings is 1. The highest BCUT2D eigenvalue weighted by Crippen LogP contribution is 2.17. The van der Waals surface area contributed by atoms with E-state index in [1.165, 1.54) is 0 Å². The molecule has 17 heavy (non-hydrogen) atoms. The Hall–Kier alpha value is -1.68. The van der Waals surface area contributed by atoms with E-state index in [1.807, 2.05) is 30.3 Å². The van der Waals surface area contributed by atoms with Gasteiger partial charge in [-0.25, -0.2) is 4.98 Å². The number of hydrogen-bond donors (Lipinski definition) is 2. The third-order valence-electron chi connectivity index (χ3n) is 2.75. The first-order valence-electron chi connectivity index (χ1n) is 6.04. The summed E-state index contributed by atoms with van der Waals surface area (Å²) in [6, 6.07) is 9.86. The van der Waals surface area contributed by atoms with Crippen LogP contribution in [0.1, 0.15) is 38.1 Å². The lowest BCUT2D eigenvalue weighted by Gasteiger charge is -2.05. The summed E-state index contributed by atoms with van der Waals surface area (Å²) in [6.45, 7) is 2.16. The van der Waals surface area contributed by atoms with Gasteiger partial charge in [-0.15, -0.1) is 0 Å². The second-order valence-corrected chi connectivity index (χ2v) is 4.16. The summed E-state index contributed by atoms with van der Waals surface area (Å²) < 4.78 is 0. The molecule has 0 spiro atoms. The number of H-pyrrole nitrogens is 1. The molecule has 2 aromatic rings. The highest BCUT2D eigenvalue weighted by atomic mass is 15.2. The lowest BCUT2D eigenvalue weighted by Crippen LogP contribution is -2.11. The van der Waals surface area contributed by atoms with Crippen LogP contribution in [0.15, 0.2) is 30.3 Å². The first-order valence-corrected chi connectivity index (χ1v) is 6.04. The van der Waals surface area contributed by atoms with E-state index in [1.54, 1.807) is 0 Å². The predicted octanol–water partition coefficient (Wildman–Crippen LogP) is 2.66. The fourth-order valence-corrected chi connectivity index (χ4v) is 1.72. The second-order valence-electron chi connectivity index (χ2n) is 4.16. The minimum Gasteiger partial charge on any atom is -0.321 e. The van der Waals surface area contributed by atoms with Crippen LogP contribution in [-0.4, -0.2) is 15.2 Å². The number of aromatic amines is 1. The fourth-order valence-electron chi connectivity index (χ4n) is 1.72. The zero-order chi connectivity index (χ0) is 12.1. The molecule has 2 rings (SSSR count). The number of rotatable bonds is 5. The van der Waals surface area contributed by atoms with E-state index in [2.05, 4.69) is 22.1 Å². The van der Waals surface area contributed by atoms with E-state index in [9.17, 15) is 0 Å². The van der Waals surface area contributed by atoms with Crippen molar-refractivity contribution in [3.8, 4) is 11.4 Å². The molecule has 0 aliphatic heterocycles. The molecular weight excluding hydrogens is 212 g/mol. The summed E-state index contributed by atoms with van der Waals surface area (Å²) in [6.07, 6.45) is 3.20. The Morgan fingerprint density at radius 1 is 1.29 bits per heavy atom. The summed E-state index contributed by atoms with van der Waals surface area (Å²) in [5, 5.41) is 7.13. The van der Waals surface area contributed by atoms with Gasteiger partial charge in [0.25, 0.3) is 0 Å². The van der Waals surface area contributed by atoms with Crippen molar-refractivity contribution in [2.45, 2.75) is 32.2 Å². The highest BCUT2D eigenvalue weighted by Gasteiger charge is 2.11. The molecule has 0 saturated heterocycles. The Balaban J connectivity index is 2.11. The number of nitrogens with one attached hydrogen (secondary N) is 1. The van der Waals surface area contributed by atoms with Gasteiger partial charge in [0.1, 0.15) is 5.82 Å². The molecule has 0 radical (unpaired) electrons. The molecule has 0 fully saturated rings. The van der Waals surface area contributed by atoms with Crippen LogP contribution < -0.4 is 5.73 Å². The normalized spacial score (nSPS) is 12.6. The average molecular weight is 230 g/mol. The smallest absolute Gasteiger partial charge is 0.181 e. The zero-order valence-corrected chi connectivity index (χ0v) is 10.1. The maximum Gasteiger partial charge on any atom is 0.181 e. The van der Waals surface area contributed by atoms with E-state index in [0.29, 0.717) is 5.82 Å². The molecule has 1 heterocycles. The van der Waals surface area contributed by atoms with E-state index in [-0.39, 0.29) is 6.04 Å². The molecular formula is C13H18N4. The van der Waals surface area contributed by atoms with Gasteiger partial charge in [-0.05, 0) is 6.42 Å². The van der Waals surface area contributed by atoms with Crippen LogP contribution in [-0.2, 0) is 0 Å². The Bertz CT molecular complexity index is 449. The lowest BCUT2D eigenvalue weighted by molar-refractivity contribution is 0.577. The van der Waals surface area contributed by atoms with Crippen LogP contribution in [0.25, 0.3) is 11.4 Å². The summed E-state index contributed by atoms with van der Waals surface area (Å²) in [4.78, 5) is 4.44. The van der Waals surface area contributed by atoms with Gasteiger partial charge in [-0.2, -0.15) is 5.10 Å². The van der Waals surface area contributed by atoms with Crippen molar-refractivity contribution in [2.75, 3.05) is 0 Å². The average Bonchev–Trinajstić information content (AvgIpc) is 2.86. The second kappa shape index (κ2) is 5.59. The minimum absolute atomic E-state index is 0.0417. The van der Waals surface area contributed by atoms with Gasteiger partial charge < -0.3 is 5.73 Å². The minimum atomic E-state index is -0.0417. The third-order valence-corrected chi connectivity index (χ3v) is 2.75. The van der Waals surface area contributed by atoms with Crippen molar-refractivity contribution in [1.29, 1.82) is 0 Å². The van der Waals surface area contributed by atoms with E-state index in [4.69, 9.17) is 5.73 Å². The highest BCUT2D eigenvalue weighted by molar-refractivity contribution is 5.53. The molecule has 4 nitrogen and oxygen atoms in total. The molecule has 0 amide bonds. The van der Waals surface area contributed by atoms with Crippen molar-refractivity contribution in [2.24, 2.45) is 5.73 Å². The summed E-state index contributed by atoms with van der Waals surface area (Å²) in [5.41, 5.74) is 7.05. The van der Waals surface area contributed by atoms with Crippen molar-refractivity contribution < 1.29 is 0 Å². The molecule has 3 N–H and O–H groups in total. The molecule has 0 aliphatic carbocycles.